The summed E-state index contributed by atoms with van der Waals surface area (Å²) in [6, 6.07) is 17.5. The summed E-state index contributed by atoms with van der Waals surface area (Å²) in [5.74, 6) is -0.353. The van der Waals surface area contributed by atoms with Crippen molar-refractivity contribution in [3.05, 3.63) is 104 Å². The molecule has 0 bridgehead atoms. The summed E-state index contributed by atoms with van der Waals surface area (Å²) in [6.07, 6.45) is 0. The second kappa shape index (κ2) is 9.39. The number of amides is 1. The molecule has 0 heterocycles. The summed E-state index contributed by atoms with van der Waals surface area (Å²) in [7, 11) is 1.35. The average Bonchev–Trinajstić information content (AvgIpc) is 2.74. The molecular formula is C21H15Cl2N3O4. The molecule has 0 saturated carbocycles. The molecule has 0 saturated heterocycles. The first-order valence-electron chi connectivity index (χ1n) is 8.61. The predicted octanol–water partition coefficient (Wildman–Crippen LogP) is 5.09. The fourth-order valence-electron chi connectivity index (χ4n) is 2.68. The number of methoxy groups -OCH3 is 1. The maximum Gasteiger partial charge on any atom is 0.311 e. The number of nitro groups is 1. The van der Waals surface area contributed by atoms with Gasteiger partial charge in [0.05, 0.1) is 17.7 Å². The number of hydrogen-bond acceptors (Lipinski definition) is 5. The summed E-state index contributed by atoms with van der Waals surface area (Å²) in [6.45, 7) is 0. The molecule has 1 amide bonds. The molecule has 1 N–H and O–H groups in total. The lowest BCUT2D eigenvalue weighted by Gasteiger charge is -2.10. The van der Waals surface area contributed by atoms with Crippen molar-refractivity contribution in [1.82, 2.24) is 5.43 Å². The number of benzene rings is 3. The van der Waals surface area contributed by atoms with E-state index in [-0.39, 0.29) is 11.4 Å². The Kier molecular flexibility index (Phi) is 6.66. The van der Waals surface area contributed by atoms with Crippen LogP contribution < -0.4 is 10.2 Å². The average molecular weight is 444 g/mol. The molecule has 3 aromatic rings. The Bertz CT molecular complexity index is 1130. The monoisotopic (exact) mass is 443 g/mol. The van der Waals surface area contributed by atoms with E-state index in [0.29, 0.717) is 32.4 Å². The molecule has 3 aromatic carbocycles. The quantitative estimate of drug-likeness (QED) is 0.326. The van der Waals surface area contributed by atoms with Gasteiger partial charge < -0.3 is 4.74 Å². The van der Waals surface area contributed by atoms with Crippen molar-refractivity contribution in [2.45, 2.75) is 0 Å². The SMILES string of the molecule is COc1ccc(/C(=N\NC(=O)c2ccc(Cl)cc2)c2cccc(Cl)c2)cc1[N+](=O)[O-]. The number of carbonyl (C=O) groups excluding carboxylic acids is 1. The smallest absolute Gasteiger partial charge is 0.311 e. The number of nitrogens with one attached hydrogen (secondary N) is 1. The minimum Gasteiger partial charge on any atom is -0.490 e. The van der Waals surface area contributed by atoms with E-state index in [9.17, 15) is 14.9 Å². The molecule has 0 spiro atoms. The summed E-state index contributed by atoms with van der Waals surface area (Å²) in [5, 5.41) is 16.6. The van der Waals surface area contributed by atoms with Crippen molar-refractivity contribution >= 4 is 40.5 Å². The highest BCUT2D eigenvalue weighted by atomic mass is 35.5. The van der Waals surface area contributed by atoms with Crippen molar-refractivity contribution in [1.29, 1.82) is 0 Å². The van der Waals surface area contributed by atoms with Crippen molar-refractivity contribution in [3.8, 4) is 5.75 Å². The number of nitro benzene ring substituents is 1. The number of carbonyl (C=O) groups is 1. The molecule has 0 radical (unpaired) electrons. The highest BCUT2D eigenvalue weighted by Crippen LogP contribution is 2.29. The Hall–Kier alpha value is -3.42. The fourth-order valence-corrected chi connectivity index (χ4v) is 3.00. The third-order valence-electron chi connectivity index (χ3n) is 4.12. The van der Waals surface area contributed by atoms with Gasteiger partial charge >= 0.3 is 5.69 Å². The van der Waals surface area contributed by atoms with Gasteiger partial charge in [0.15, 0.2) is 5.75 Å². The molecule has 3 rings (SSSR count). The van der Waals surface area contributed by atoms with E-state index in [2.05, 4.69) is 10.5 Å². The van der Waals surface area contributed by atoms with E-state index in [0.717, 1.165) is 0 Å². The van der Waals surface area contributed by atoms with Gasteiger partial charge in [0.2, 0.25) is 0 Å². The standard InChI is InChI=1S/C21H15Cl2N3O4/c1-30-19-10-7-15(12-18(19)26(28)29)20(14-3-2-4-17(23)11-14)24-25-21(27)13-5-8-16(22)9-6-13/h2-12H,1H3,(H,25,27)/b24-20-. The van der Waals surface area contributed by atoms with Crippen LogP contribution in [0.2, 0.25) is 10.0 Å². The van der Waals surface area contributed by atoms with Crippen molar-refractivity contribution in [2.24, 2.45) is 5.10 Å². The predicted molar refractivity (Wildman–Crippen MR) is 116 cm³/mol. The van der Waals surface area contributed by atoms with Crippen LogP contribution in [0.4, 0.5) is 5.69 Å². The van der Waals surface area contributed by atoms with Crippen LogP contribution in [0.1, 0.15) is 21.5 Å². The lowest BCUT2D eigenvalue weighted by molar-refractivity contribution is -0.385. The van der Waals surface area contributed by atoms with Crippen molar-refractivity contribution < 1.29 is 14.5 Å². The van der Waals surface area contributed by atoms with Gasteiger partial charge in [0, 0.05) is 32.8 Å². The van der Waals surface area contributed by atoms with Crippen LogP contribution in [0.3, 0.4) is 0 Å². The van der Waals surface area contributed by atoms with Crippen LogP contribution in [-0.4, -0.2) is 23.7 Å². The van der Waals surface area contributed by atoms with Crippen molar-refractivity contribution in [2.75, 3.05) is 7.11 Å². The zero-order valence-electron chi connectivity index (χ0n) is 15.6. The first-order chi connectivity index (χ1) is 14.4. The molecule has 152 valence electrons. The Labute approximate surface area is 182 Å². The van der Waals surface area contributed by atoms with E-state index in [1.807, 2.05) is 0 Å². The number of hydrogen-bond donors (Lipinski definition) is 1. The molecule has 0 aromatic heterocycles. The highest BCUT2D eigenvalue weighted by Gasteiger charge is 2.19. The normalized spacial score (nSPS) is 11.1. The van der Waals surface area contributed by atoms with E-state index in [1.54, 1.807) is 54.6 Å². The molecular weight excluding hydrogens is 429 g/mol. The van der Waals surface area contributed by atoms with Gasteiger partial charge in [-0.2, -0.15) is 5.10 Å². The molecule has 0 unspecified atom stereocenters. The van der Waals surface area contributed by atoms with E-state index < -0.39 is 10.8 Å². The number of nitrogens with zero attached hydrogens (tertiary/aromatic N) is 2. The summed E-state index contributed by atoms with van der Waals surface area (Å²) in [5.41, 5.74) is 3.87. The van der Waals surface area contributed by atoms with Crippen LogP contribution >= 0.6 is 23.2 Å². The third-order valence-corrected chi connectivity index (χ3v) is 4.61. The minimum atomic E-state index is -0.551. The molecule has 0 aliphatic carbocycles. The fraction of sp³-hybridized carbons (Fsp3) is 0.0476. The molecule has 0 aliphatic heterocycles. The van der Waals surface area contributed by atoms with Crippen LogP contribution in [0.25, 0.3) is 0 Å². The Balaban J connectivity index is 2.04. The summed E-state index contributed by atoms with van der Waals surface area (Å²) >= 11 is 11.9. The maximum atomic E-state index is 12.5. The second-order valence-electron chi connectivity index (χ2n) is 6.06. The van der Waals surface area contributed by atoms with E-state index in [4.69, 9.17) is 27.9 Å². The van der Waals surface area contributed by atoms with Gasteiger partial charge in [-0.05, 0) is 48.5 Å². The zero-order valence-corrected chi connectivity index (χ0v) is 17.1. The summed E-state index contributed by atoms with van der Waals surface area (Å²) in [4.78, 5) is 23.3. The summed E-state index contributed by atoms with van der Waals surface area (Å²) < 4.78 is 5.05. The van der Waals surface area contributed by atoms with Gasteiger partial charge in [-0.15, -0.1) is 0 Å². The maximum absolute atomic E-state index is 12.5. The van der Waals surface area contributed by atoms with Gasteiger partial charge in [0.25, 0.3) is 5.91 Å². The largest absolute Gasteiger partial charge is 0.490 e. The number of ether oxygens (including phenoxy) is 1. The third kappa shape index (κ3) is 4.94. The molecule has 7 nitrogen and oxygen atoms in total. The number of hydrazone groups is 1. The van der Waals surface area contributed by atoms with Crippen LogP contribution in [-0.2, 0) is 0 Å². The minimum absolute atomic E-state index is 0.111. The van der Waals surface area contributed by atoms with Gasteiger partial charge in [-0.1, -0.05) is 35.3 Å². The zero-order chi connectivity index (χ0) is 21.7. The molecule has 0 aliphatic rings. The Morgan fingerprint density at radius 2 is 1.63 bits per heavy atom. The van der Waals surface area contributed by atoms with E-state index in [1.165, 1.54) is 19.2 Å². The molecule has 30 heavy (non-hydrogen) atoms. The van der Waals surface area contributed by atoms with Gasteiger partial charge in [-0.3, -0.25) is 14.9 Å². The topological polar surface area (TPSA) is 93.8 Å². The van der Waals surface area contributed by atoms with Crippen LogP contribution in [0.15, 0.2) is 71.8 Å². The first-order valence-corrected chi connectivity index (χ1v) is 9.37. The highest BCUT2D eigenvalue weighted by molar-refractivity contribution is 6.31. The van der Waals surface area contributed by atoms with Gasteiger partial charge in [0.1, 0.15) is 0 Å². The molecule has 9 heteroatoms. The molecule has 0 fully saturated rings. The van der Waals surface area contributed by atoms with Crippen molar-refractivity contribution in [3.63, 3.8) is 0 Å². The van der Waals surface area contributed by atoms with Crippen LogP contribution in [0, 0.1) is 10.1 Å². The second-order valence-corrected chi connectivity index (χ2v) is 6.94. The lowest BCUT2D eigenvalue weighted by Crippen LogP contribution is -2.20. The Morgan fingerprint density at radius 1 is 0.967 bits per heavy atom. The Morgan fingerprint density at radius 3 is 2.27 bits per heavy atom. The number of rotatable bonds is 6. The molecule has 0 atom stereocenters. The van der Waals surface area contributed by atoms with E-state index >= 15 is 0 Å². The lowest BCUT2D eigenvalue weighted by atomic mass is 10.0. The first kappa shape index (κ1) is 21.3. The van der Waals surface area contributed by atoms with Gasteiger partial charge in [-0.25, -0.2) is 5.43 Å². The van der Waals surface area contributed by atoms with Crippen LogP contribution in [0.5, 0.6) is 5.75 Å². The number of halogens is 2.